The molecule has 0 atom stereocenters. The minimum Gasteiger partial charge on any atom is -0.465 e. The van der Waals surface area contributed by atoms with E-state index < -0.39 is 5.97 Å². The van der Waals surface area contributed by atoms with Crippen LogP contribution >= 0.6 is 11.6 Å². The lowest BCUT2D eigenvalue weighted by Crippen LogP contribution is -2.02. The number of hydrogen-bond acceptors (Lipinski definition) is 4. The molecule has 1 heterocycles. The number of methoxy groups -OCH3 is 1. The van der Waals surface area contributed by atoms with Crippen molar-refractivity contribution in [1.29, 1.82) is 5.26 Å². The Bertz CT molecular complexity index is 760. The van der Waals surface area contributed by atoms with Crippen molar-refractivity contribution >= 4 is 34.5 Å². The van der Waals surface area contributed by atoms with Crippen molar-refractivity contribution in [2.24, 2.45) is 0 Å². The minimum atomic E-state index is -0.701. The number of halogens is 1. The minimum absolute atomic E-state index is 0.122. The second-order valence-electron chi connectivity index (χ2n) is 4.18. The molecular weight excluding hydrogens is 276 g/mol. The van der Waals surface area contributed by atoms with Crippen LogP contribution in [0, 0.1) is 18.3 Å². The number of aromatic nitrogens is 1. The number of carbonyl (C=O) groups is 1. The molecule has 100 valence electrons. The van der Waals surface area contributed by atoms with E-state index in [1.807, 2.05) is 25.1 Å². The van der Waals surface area contributed by atoms with Crippen LogP contribution in [0.2, 0.25) is 5.15 Å². The Balaban J connectivity index is 2.62. The molecule has 20 heavy (non-hydrogen) atoms. The molecule has 1 aromatic heterocycles. The molecule has 1 aromatic carbocycles. The van der Waals surface area contributed by atoms with Gasteiger partial charge < -0.3 is 4.74 Å². The molecule has 2 rings (SSSR count). The Morgan fingerprint density at radius 2 is 2.25 bits per heavy atom. The number of pyridine rings is 1. The van der Waals surface area contributed by atoms with Gasteiger partial charge in [-0.3, -0.25) is 0 Å². The highest BCUT2D eigenvalue weighted by Gasteiger charge is 2.11. The first-order valence-electron chi connectivity index (χ1n) is 5.83. The normalized spacial score (nSPS) is 11.2. The van der Waals surface area contributed by atoms with Gasteiger partial charge in [-0.15, -0.1) is 0 Å². The van der Waals surface area contributed by atoms with Gasteiger partial charge in [0.1, 0.15) is 16.8 Å². The molecule has 0 aliphatic carbocycles. The molecule has 5 heteroatoms. The van der Waals surface area contributed by atoms with Crippen LogP contribution in [0.4, 0.5) is 0 Å². The van der Waals surface area contributed by atoms with Crippen LogP contribution in [0.5, 0.6) is 0 Å². The van der Waals surface area contributed by atoms with E-state index in [4.69, 9.17) is 16.9 Å². The summed E-state index contributed by atoms with van der Waals surface area (Å²) in [5.41, 5.74) is 2.19. The number of aryl methyl sites for hydroxylation is 1. The Morgan fingerprint density at radius 1 is 1.50 bits per heavy atom. The summed E-state index contributed by atoms with van der Waals surface area (Å²) in [5, 5.41) is 10.1. The maximum Gasteiger partial charge on any atom is 0.348 e. The highest BCUT2D eigenvalue weighted by molar-refractivity contribution is 6.31. The average molecular weight is 287 g/mol. The van der Waals surface area contributed by atoms with E-state index in [0.29, 0.717) is 5.56 Å². The van der Waals surface area contributed by atoms with E-state index in [2.05, 4.69) is 9.72 Å². The first kappa shape index (κ1) is 14.0. The monoisotopic (exact) mass is 286 g/mol. The van der Waals surface area contributed by atoms with E-state index in [-0.39, 0.29) is 10.7 Å². The maximum absolute atomic E-state index is 11.4. The van der Waals surface area contributed by atoms with Crippen LogP contribution in [-0.2, 0) is 9.53 Å². The number of fused-ring (bicyclic) bond motifs is 1. The van der Waals surface area contributed by atoms with E-state index in [1.54, 1.807) is 12.1 Å². The first-order valence-corrected chi connectivity index (χ1v) is 6.20. The van der Waals surface area contributed by atoms with Crippen molar-refractivity contribution in [2.45, 2.75) is 6.92 Å². The standard InChI is InChI=1S/C15H11ClN2O2/c1-9-4-3-5-10-6-11(14(16)18-13(9)10)7-12(8-17)15(19)20-2/h3-7H,1-2H3/b12-7+. The molecule has 0 aliphatic rings. The van der Waals surface area contributed by atoms with Gasteiger partial charge in [-0.05, 0) is 24.6 Å². The first-order chi connectivity index (χ1) is 9.56. The second kappa shape index (κ2) is 5.72. The fourth-order valence-corrected chi connectivity index (χ4v) is 2.04. The van der Waals surface area contributed by atoms with Crippen LogP contribution in [0.3, 0.4) is 0 Å². The summed E-state index contributed by atoms with van der Waals surface area (Å²) in [6.45, 7) is 1.94. The molecule has 0 radical (unpaired) electrons. The third-order valence-electron chi connectivity index (χ3n) is 2.85. The summed E-state index contributed by atoms with van der Waals surface area (Å²) >= 11 is 6.11. The lowest BCUT2D eigenvalue weighted by molar-refractivity contribution is -0.135. The van der Waals surface area contributed by atoms with Gasteiger partial charge >= 0.3 is 5.97 Å². The zero-order valence-corrected chi connectivity index (χ0v) is 11.7. The Hall–Kier alpha value is -2.38. The van der Waals surface area contributed by atoms with Gasteiger partial charge in [0.15, 0.2) is 0 Å². The van der Waals surface area contributed by atoms with Crippen LogP contribution < -0.4 is 0 Å². The van der Waals surface area contributed by atoms with Gasteiger partial charge in [-0.2, -0.15) is 5.26 Å². The number of esters is 1. The molecule has 0 saturated carbocycles. The predicted octanol–water partition coefficient (Wildman–Crippen LogP) is 3.28. The Labute approximate surface area is 121 Å². The van der Waals surface area contributed by atoms with Gasteiger partial charge in [0, 0.05) is 10.9 Å². The number of rotatable bonds is 2. The summed E-state index contributed by atoms with van der Waals surface area (Å²) in [6.07, 6.45) is 1.38. The molecule has 0 unspecified atom stereocenters. The second-order valence-corrected chi connectivity index (χ2v) is 4.53. The predicted molar refractivity (Wildman–Crippen MR) is 77.1 cm³/mol. The molecule has 0 fully saturated rings. The van der Waals surface area contributed by atoms with Crippen molar-refractivity contribution in [3.05, 3.63) is 46.1 Å². The van der Waals surface area contributed by atoms with Crippen LogP contribution in [0.1, 0.15) is 11.1 Å². The van der Waals surface area contributed by atoms with Crippen LogP contribution in [-0.4, -0.2) is 18.1 Å². The lowest BCUT2D eigenvalue weighted by atomic mass is 10.1. The fourth-order valence-electron chi connectivity index (χ4n) is 1.84. The van der Waals surface area contributed by atoms with Crippen molar-refractivity contribution < 1.29 is 9.53 Å². The zero-order valence-electron chi connectivity index (χ0n) is 11.0. The van der Waals surface area contributed by atoms with Crippen molar-refractivity contribution in [1.82, 2.24) is 4.98 Å². The summed E-state index contributed by atoms with van der Waals surface area (Å²) in [7, 11) is 1.22. The number of nitrogens with zero attached hydrogens (tertiary/aromatic N) is 2. The van der Waals surface area contributed by atoms with E-state index >= 15 is 0 Å². The fraction of sp³-hybridized carbons (Fsp3) is 0.133. The van der Waals surface area contributed by atoms with Crippen molar-refractivity contribution in [3.8, 4) is 6.07 Å². The van der Waals surface area contributed by atoms with E-state index in [0.717, 1.165) is 16.5 Å². The number of ether oxygens (including phenoxy) is 1. The summed E-state index contributed by atoms with van der Waals surface area (Å²) < 4.78 is 4.53. The number of hydrogen-bond donors (Lipinski definition) is 0. The van der Waals surface area contributed by atoms with E-state index in [1.165, 1.54) is 13.2 Å². The van der Waals surface area contributed by atoms with Gasteiger partial charge in [0.2, 0.25) is 0 Å². The Kier molecular flexibility index (Phi) is 4.02. The largest absolute Gasteiger partial charge is 0.465 e. The molecule has 0 spiro atoms. The highest BCUT2D eigenvalue weighted by Crippen LogP contribution is 2.24. The third-order valence-corrected chi connectivity index (χ3v) is 3.16. The van der Waals surface area contributed by atoms with E-state index in [9.17, 15) is 4.79 Å². The highest BCUT2D eigenvalue weighted by atomic mass is 35.5. The number of para-hydroxylation sites is 1. The summed E-state index contributed by atoms with van der Waals surface area (Å²) in [6, 6.07) is 9.32. The topological polar surface area (TPSA) is 63.0 Å². The summed E-state index contributed by atoms with van der Waals surface area (Å²) in [5.74, 6) is -0.701. The molecule has 2 aromatic rings. The SMILES string of the molecule is COC(=O)/C(C#N)=C/c1cc2cccc(C)c2nc1Cl. The summed E-state index contributed by atoms with van der Waals surface area (Å²) in [4.78, 5) is 15.7. The maximum atomic E-state index is 11.4. The quantitative estimate of drug-likeness (QED) is 0.368. The molecule has 0 aliphatic heterocycles. The lowest BCUT2D eigenvalue weighted by Gasteiger charge is -2.05. The smallest absolute Gasteiger partial charge is 0.348 e. The molecule has 0 amide bonds. The third kappa shape index (κ3) is 2.63. The van der Waals surface area contributed by atoms with Crippen molar-refractivity contribution in [3.63, 3.8) is 0 Å². The molecule has 0 saturated heterocycles. The number of benzene rings is 1. The average Bonchev–Trinajstić information content (AvgIpc) is 2.45. The van der Waals surface area contributed by atoms with Crippen LogP contribution in [0.15, 0.2) is 29.8 Å². The van der Waals surface area contributed by atoms with Gasteiger partial charge in [-0.1, -0.05) is 29.8 Å². The van der Waals surface area contributed by atoms with Gasteiger partial charge in [0.25, 0.3) is 0 Å². The van der Waals surface area contributed by atoms with Gasteiger partial charge in [-0.25, -0.2) is 9.78 Å². The molecule has 0 bridgehead atoms. The van der Waals surface area contributed by atoms with Gasteiger partial charge in [0.05, 0.1) is 12.6 Å². The molecular formula is C15H11ClN2O2. The zero-order chi connectivity index (χ0) is 14.7. The number of carbonyl (C=O) groups excluding carboxylic acids is 1. The molecule has 4 nitrogen and oxygen atoms in total. The molecule has 0 N–H and O–H groups in total. The number of nitriles is 1. The van der Waals surface area contributed by atoms with Crippen LogP contribution in [0.25, 0.3) is 17.0 Å². The Morgan fingerprint density at radius 3 is 2.90 bits per heavy atom. The van der Waals surface area contributed by atoms with Crippen molar-refractivity contribution in [2.75, 3.05) is 7.11 Å².